The molecule has 2 heterocycles. The Morgan fingerprint density at radius 2 is 2.38 bits per heavy atom. The van der Waals surface area contributed by atoms with Crippen molar-refractivity contribution < 1.29 is 4.79 Å². The van der Waals surface area contributed by atoms with Crippen LogP contribution in [0.3, 0.4) is 0 Å². The van der Waals surface area contributed by atoms with Gasteiger partial charge in [-0.15, -0.1) is 11.3 Å². The van der Waals surface area contributed by atoms with Crippen molar-refractivity contribution in [2.45, 2.75) is 26.2 Å². The Kier molecular flexibility index (Phi) is 4.46. The van der Waals surface area contributed by atoms with Gasteiger partial charge in [-0.25, -0.2) is 0 Å². The van der Waals surface area contributed by atoms with E-state index in [1.165, 1.54) is 0 Å². The minimum Gasteiger partial charge on any atom is -0.356 e. The zero-order valence-corrected chi connectivity index (χ0v) is 8.56. The number of rotatable bonds is 0. The summed E-state index contributed by atoms with van der Waals surface area (Å²) in [6.45, 7) is 2.87. The summed E-state index contributed by atoms with van der Waals surface area (Å²) in [6.07, 6.45) is 2.97. The van der Waals surface area contributed by atoms with E-state index in [1.807, 2.05) is 17.8 Å². The van der Waals surface area contributed by atoms with Crippen molar-refractivity contribution in [2.24, 2.45) is 0 Å². The Morgan fingerprint density at radius 1 is 1.54 bits per heavy atom. The number of carbonyl (C=O) groups excluding carboxylic acids is 1. The Labute approximate surface area is 82.2 Å². The lowest BCUT2D eigenvalue weighted by Crippen LogP contribution is -2.28. The third kappa shape index (κ3) is 4.62. The fourth-order valence-corrected chi connectivity index (χ4v) is 1.55. The normalized spacial score (nSPS) is 15.6. The summed E-state index contributed by atoms with van der Waals surface area (Å²) in [4.78, 5) is 14.3. The van der Waals surface area contributed by atoms with Gasteiger partial charge in [0.2, 0.25) is 5.91 Å². The third-order valence-electron chi connectivity index (χ3n) is 1.71. The van der Waals surface area contributed by atoms with Crippen LogP contribution in [0, 0.1) is 6.92 Å². The number of thiazole rings is 1. The lowest BCUT2D eigenvalue weighted by molar-refractivity contribution is -0.122. The molecule has 1 aromatic heterocycles. The van der Waals surface area contributed by atoms with Crippen LogP contribution in [-0.2, 0) is 4.79 Å². The molecule has 0 saturated carbocycles. The highest BCUT2D eigenvalue weighted by molar-refractivity contribution is 7.07. The molecule has 1 saturated heterocycles. The first-order chi connectivity index (χ1) is 6.29. The summed E-state index contributed by atoms with van der Waals surface area (Å²) in [5, 5.41) is 4.76. The van der Waals surface area contributed by atoms with Crippen molar-refractivity contribution in [1.29, 1.82) is 0 Å². The molecule has 0 bridgehead atoms. The molecule has 0 atom stereocenters. The molecular weight excluding hydrogens is 184 g/mol. The van der Waals surface area contributed by atoms with Gasteiger partial charge in [-0.3, -0.25) is 9.78 Å². The highest BCUT2D eigenvalue weighted by atomic mass is 32.1. The smallest absolute Gasteiger partial charge is 0.219 e. The summed E-state index contributed by atoms with van der Waals surface area (Å²) < 4.78 is 0. The lowest BCUT2D eigenvalue weighted by atomic mass is 10.2. The highest BCUT2D eigenvalue weighted by Crippen LogP contribution is 1.98. The molecule has 4 heteroatoms. The van der Waals surface area contributed by atoms with E-state index in [2.05, 4.69) is 10.3 Å². The van der Waals surface area contributed by atoms with Crippen LogP contribution in [0.4, 0.5) is 0 Å². The highest BCUT2D eigenvalue weighted by Gasteiger charge is 2.04. The molecule has 1 fully saturated rings. The van der Waals surface area contributed by atoms with Crippen LogP contribution >= 0.6 is 11.3 Å². The average molecular weight is 198 g/mol. The van der Waals surface area contributed by atoms with E-state index in [9.17, 15) is 4.79 Å². The molecule has 13 heavy (non-hydrogen) atoms. The molecular formula is C9H14N2OS. The van der Waals surface area contributed by atoms with Crippen molar-refractivity contribution in [3.63, 3.8) is 0 Å². The van der Waals surface area contributed by atoms with Crippen molar-refractivity contribution in [3.05, 3.63) is 16.6 Å². The molecule has 1 aromatic rings. The Bertz CT molecular complexity index is 238. The van der Waals surface area contributed by atoms with Crippen LogP contribution in [0.2, 0.25) is 0 Å². The van der Waals surface area contributed by atoms with Gasteiger partial charge in [-0.2, -0.15) is 0 Å². The number of carbonyl (C=O) groups is 1. The summed E-state index contributed by atoms with van der Waals surface area (Å²) in [5.74, 6) is 0.214. The zero-order chi connectivity index (χ0) is 9.52. The maximum absolute atomic E-state index is 10.4. The standard InChI is InChI=1S/C5H9NO.C4H5NS/c7-5-3-1-2-4-6-5;1-4-2-6-3-5-4/h1-4H2,(H,6,7);2-3H,1H3. The zero-order valence-electron chi connectivity index (χ0n) is 7.75. The van der Waals surface area contributed by atoms with Crippen LogP contribution < -0.4 is 5.32 Å². The molecule has 0 radical (unpaired) electrons. The average Bonchev–Trinajstić information content (AvgIpc) is 2.58. The van der Waals surface area contributed by atoms with Crippen LogP contribution in [-0.4, -0.2) is 17.4 Å². The fraction of sp³-hybridized carbons (Fsp3) is 0.556. The first-order valence-electron chi connectivity index (χ1n) is 4.40. The molecule has 72 valence electrons. The minimum absolute atomic E-state index is 0.214. The number of nitrogens with one attached hydrogen (secondary N) is 1. The predicted molar refractivity (Wildman–Crippen MR) is 53.7 cm³/mol. The van der Waals surface area contributed by atoms with Gasteiger partial charge >= 0.3 is 0 Å². The number of hydrogen-bond donors (Lipinski definition) is 1. The van der Waals surface area contributed by atoms with Gasteiger partial charge in [0.15, 0.2) is 0 Å². The lowest BCUT2D eigenvalue weighted by Gasteiger charge is -2.08. The maximum Gasteiger partial charge on any atom is 0.219 e. The van der Waals surface area contributed by atoms with Crippen molar-refractivity contribution in [1.82, 2.24) is 10.3 Å². The second-order valence-corrected chi connectivity index (χ2v) is 3.66. The number of amides is 1. The number of hydrogen-bond acceptors (Lipinski definition) is 3. The Morgan fingerprint density at radius 3 is 2.62 bits per heavy atom. The third-order valence-corrected chi connectivity index (χ3v) is 2.41. The number of aryl methyl sites for hydroxylation is 1. The van der Waals surface area contributed by atoms with E-state index >= 15 is 0 Å². The van der Waals surface area contributed by atoms with Gasteiger partial charge in [-0.05, 0) is 19.8 Å². The van der Waals surface area contributed by atoms with Crippen LogP contribution in [0.25, 0.3) is 0 Å². The predicted octanol–water partition coefficient (Wildman–Crippen LogP) is 1.74. The first-order valence-corrected chi connectivity index (χ1v) is 5.35. The summed E-state index contributed by atoms with van der Waals surface area (Å²) in [5.41, 5.74) is 2.94. The molecule has 1 amide bonds. The molecule has 2 rings (SSSR count). The van der Waals surface area contributed by atoms with Gasteiger partial charge in [0.1, 0.15) is 0 Å². The van der Waals surface area contributed by atoms with Gasteiger partial charge < -0.3 is 5.32 Å². The molecule has 0 spiro atoms. The topological polar surface area (TPSA) is 42.0 Å². The van der Waals surface area contributed by atoms with Gasteiger partial charge in [0.25, 0.3) is 0 Å². The van der Waals surface area contributed by atoms with Gasteiger partial charge in [0.05, 0.1) is 5.51 Å². The van der Waals surface area contributed by atoms with E-state index < -0.39 is 0 Å². The monoisotopic (exact) mass is 198 g/mol. The van der Waals surface area contributed by atoms with Crippen LogP contribution in [0.5, 0.6) is 0 Å². The summed E-state index contributed by atoms with van der Waals surface area (Å²) >= 11 is 1.63. The SMILES string of the molecule is Cc1cscn1.O=C1CCCCN1. The number of nitrogens with zero attached hydrogens (tertiary/aromatic N) is 1. The van der Waals surface area contributed by atoms with Crippen molar-refractivity contribution in [2.75, 3.05) is 6.54 Å². The Balaban J connectivity index is 0.000000132. The Hall–Kier alpha value is -0.900. The van der Waals surface area contributed by atoms with E-state index in [0.29, 0.717) is 0 Å². The first kappa shape index (κ1) is 10.2. The van der Waals surface area contributed by atoms with Crippen molar-refractivity contribution >= 4 is 17.2 Å². The van der Waals surface area contributed by atoms with Crippen molar-refractivity contribution in [3.8, 4) is 0 Å². The second kappa shape index (κ2) is 5.70. The largest absolute Gasteiger partial charge is 0.356 e. The molecule has 3 nitrogen and oxygen atoms in total. The van der Waals surface area contributed by atoms with Crippen LogP contribution in [0.15, 0.2) is 10.9 Å². The number of aromatic nitrogens is 1. The van der Waals surface area contributed by atoms with Crippen LogP contribution in [0.1, 0.15) is 25.0 Å². The fourth-order valence-electron chi connectivity index (χ4n) is 1.000. The quantitative estimate of drug-likeness (QED) is 0.690. The van der Waals surface area contributed by atoms with Gasteiger partial charge in [-0.1, -0.05) is 0 Å². The molecule has 1 aliphatic heterocycles. The summed E-state index contributed by atoms with van der Waals surface area (Å²) in [6, 6.07) is 0. The van der Waals surface area contributed by atoms with Gasteiger partial charge in [0, 0.05) is 24.0 Å². The van der Waals surface area contributed by atoms with E-state index in [-0.39, 0.29) is 5.91 Å². The second-order valence-electron chi connectivity index (χ2n) is 2.94. The minimum atomic E-state index is 0.214. The maximum atomic E-state index is 10.4. The molecule has 1 aliphatic rings. The molecule has 0 unspecified atom stereocenters. The molecule has 0 aliphatic carbocycles. The van der Waals surface area contributed by atoms with E-state index in [0.717, 1.165) is 31.5 Å². The summed E-state index contributed by atoms with van der Waals surface area (Å²) in [7, 11) is 0. The van der Waals surface area contributed by atoms with E-state index in [1.54, 1.807) is 11.3 Å². The molecule has 0 aromatic carbocycles. The van der Waals surface area contributed by atoms with E-state index in [4.69, 9.17) is 0 Å². The number of piperidine rings is 1. The molecule has 1 N–H and O–H groups in total.